The molecule has 0 aliphatic rings. The third-order valence-corrected chi connectivity index (χ3v) is 3.74. The van der Waals surface area contributed by atoms with Crippen molar-refractivity contribution >= 4 is 11.8 Å². The van der Waals surface area contributed by atoms with Crippen molar-refractivity contribution in [3.05, 3.63) is 72.3 Å². The van der Waals surface area contributed by atoms with E-state index in [0.29, 0.717) is 30.2 Å². The fraction of sp³-hybridized carbons (Fsp3) is 0.238. The lowest BCUT2D eigenvalue weighted by molar-refractivity contribution is -0.123. The standard InChI is InChI=1S/C21H24N2O4/c1-3-7-16-10-11-18(19(14-16)26-2)27-15-20(24)22-12-13-23-21(25)17-8-5-4-6-9-17/h3-6,8-11,14H,1,7,12-13,15H2,2H3,(H,22,24)(H,23,25). The molecule has 2 N–H and O–H groups in total. The number of methoxy groups -OCH3 is 1. The Balaban J connectivity index is 1.72. The van der Waals surface area contributed by atoms with Gasteiger partial charge in [-0.2, -0.15) is 0 Å². The molecule has 0 saturated carbocycles. The fourth-order valence-electron chi connectivity index (χ4n) is 2.39. The van der Waals surface area contributed by atoms with Crippen molar-refractivity contribution in [2.24, 2.45) is 0 Å². The minimum atomic E-state index is -0.277. The summed E-state index contributed by atoms with van der Waals surface area (Å²) in [5, 5.41) is 5.44. The highest BCUT2D eigenvalue weighted by Crippen LogP contribution is 2.28. The van der Waals surface area contributed by atoms with Crippen LogP contribution in [0.5, 0.6) is 11.5 Å². The van der Waals surface area contributed by atoms with Gasteiger partial charge in [0.05, 0.1) is 7.11 Å². The molecular weight excluding hydrogens is 344 g/mol. The van der Waals surface area contributed by atoms with Crippen LogP contribution in [0.25, 0.3) is 0 Å². The average molecular weight is 368 g/mol. The third-order valence-electron chi connectivity index (χ3n) is 3.74. The number of ether oxygens (including phenoxy) is 2. The first kappa shape index (κ1) is 20.0. The summed E-state index contributed by atoms with van der Waals surface area (Å²) in [7, 11) is 1.55. The third kappa shape index (κ3) is 6.51. The lowest BCUT2D eigenvalue weighted by atomic mass is 10.1. The fourth-order valence-corrected chi connectivity index (χ4v) is 2.39. The molecule has 2 amide bonds. The van der Waals surface area contributed by atoms with Crippen molar-refractivity contribution < 1.29 is 19.1 Å². The molecule has 0 unspecified atom stereocenters. The molecule has 0 spiro atoms. The van der Waals surface area contributed by atoms with Gasteiger partial charge in [-0.05, 0) is 36.2 Å². The molecule has 0 bridgehead atoms. The molecule has 0 aromatic heterocycles. The molecule has 0 radical (unpaired) electrons. The van der Waals surface area contributed by atoms with Crippen LogP contribution in [0.3, 0.4) is 0 Å². The minimum Gasteiger partial charge on any atom is -0.493 e. The van der Waals surface area contributed by atoms with E-state index in [-0.39, 0.29) is 18.4 Å². The zero-order chi connectivity index (χ0) is 19.5. The number of hydrogen-bond acceptors (Lipinski definition) is 4. The van der Waals surface area contributed by atoms with Crippen LogP contribution >= 0.6 is 0 Å². The lowest BCUT2D eigenvalue weighted by Gasteiger charge is -2.12. The molecule has 2 aromatic rings. The van der Waals surface area contributed by atoms with Gasteiger partial charge in [0.25, 0.3) is 11.8 Å². The van der Waals surface area contributed by atoms with E-state index in [2.05, 4.69) is 17.2 Å². The number of allylic oxidation sites excluding steroid dienone is 1. The minimum absolute atomic E-state index is 0.135. The van der Waals surface area contributed by atoms with Crippen molar-refractivity contribution in [1.29, 1.82) is 0 Å². The Morgan fingerprint density at radius 2 is 1.78 bits per heavy atom. The number of benzene rings is 2. The summed E-state index contributed by atoms with van der Waals surface area (Å²) in [6.45, 7) is 4.22. The zero-order valence-corrected chi connectivity index (χ0v) is 15.4. The molecule has 0 aliphatic heterocycles. The Labute approximate surface area is 159 Å². The Bertz CT molecular complexity index is 775. The molecule has 2 rings (SSSR count). The van der Waals surface area contributed by atoms with E-state index in [4.69, 9.17) is 9.47 Å². The summed E-state index contributed by atoms with van der Waals surface area (Å²) in [5.41, 5.74) is 1.63. The molecule has 0 aliphatic carbocycles. The van der Waals surface area contributed by atoms with Gasteiger partial charge < -0.3 is 20.1 Å². The van der Waals surface area contributed by atoms with Gasteiger partial charge in [-0.3, -0.25) is 9.59 Å². The van der Waals surface area contributed by atoms with Gasteiger partial charge in [0.15, 0.2) is 18.1 Å². The quantitative estimate of drug-likeness (QED) is 0.499. The average Bonchev–Trinajstić information content (AvgIpc) is 2.70. The molecule has 6 nitrogen and oxygen atoms in total. The second kappa shape index (κ2) is 10.7. The Hall–Kier alpha value is -3.28. The first-order valence-corrected chi connectivity index (χ1v) is 8.64. The first-order valence-electron chi connectivity index (χ1n) is 8.64. The second-order valence-electron chi connectivity index (χ2n) is 5.74. The van der Waals surface area contributed by atoms with Crippen LogP contribution in [0, 0.1) is 0 Å². The van der Waals surface area contributed by atoms with E-state index in [9.17, 15) is 9.59 Å². The van der Waals surface area contributed by atoms with Crippen LogP contribution in [-0.4, -0.2) is 38.6 Å². The summed E-state index contributed by atoms with van der Waals surface area (Å²) in [5.74, 6) is 0.613. The summed E-state index contributed by atoms with van der Waals surface area (Å²) >= 11 is 0. The van der Waals surface area contributed by atoms with E-state index in [0.717, 1.165) is 12.0 Å². The van der Waals surface area contributed by atoms with Gasteiger partial charge in [0.1, 0.15) is 0 Å². The Morgan fingerprint density at radius 1 is 1.04 bits per heavy atom. The van der Waals surface area contributed by atoms with E-state index >= 15 is 0 Å². The number of rotatable bonds is 10. The highest BCUT2D eigenvalue weighted by atomic mass is 16.5. The van der Waals surface area contributed by atoms with Gasteiger partial charge in [-0.15, -0.1) is 6.58 Å². The SMILES string of the molecule is C=CCc1ccc(OCC(=O)NCCNC(=O)c2ccccc2)c(OC)c1. The normalized spacial score (nSPS) is 9.96. The molecule has 2 aromatic carbocycles. The topological polar surface area (TPSA) is 76.7 Å². The van der Waals surface area contributed by atoms with Gasteiger partial charge in [0, 0.05) is 18.7 Å². The summed E-state index contributed by atoms with van der Waals surface area (Å²) < 4.78 is 10.8. The molecule has 0 fully saturated rings. The van der Waals surface area contributed by atoms with Crippen molar-refractivity contribution in [3.63, 3.8) is 0 Å². The number of nitrogens with one attached hydrogen (secondary N) is 2. The molecule has 0 saturated heterocycles. The second-order valence-corrected chi connectivity index (χ2v) is 5.74. The van der Waals surface area contributed by atoms with Crippen LogP contribution in [0.1, 0.15) is 15.9 Å². The van der Waals surface area contributed by atoms with E-state index in [1.165, 1.54) is 0 Å². The number of hydrogen-bond donors (Lipinski definition) is 2. The maximum atomic E-state index is 11.9. The number of amides is 2. The molecule has 0 heterocycles. The lowest BCUT2D eigenvalue weighted by Crippen LogP contribution is -2.36. The summed E-state index contributed by atoms with van der Waals surface area (Å²) in [6, 6.07) is 14.4. The van der Waals surface area contributed by atoms with Crippen molar-refractivity contribution in [2.45, 2.75) is 6.42 Å². The smallest absolute Gasteiger partial charge is 0.258 e. The van der Waals surface area contributed by atoms with Crippen LogP contribution in [0.4, 0.5) is 0 Å². The molecule has 6 heteroatoms. The maximum absolute atomic E-state index is 11.9. The van der Waals surface area contributed by atoms with Gasteiger partial charge >= 0.3 is 0 Å². The highest BCUT2D eigenvalue weighted by molar-refractivity contribution is 5.94. The Morgan fingerprint density at radius 3 is 2.48 bits per heavy atom. The summed E-state index contributed by atoms with van der Waals surface area (Å²) in [4.78, 5) is 23.8. The van der Waals surface area contributed by atoms with Crippen LogP contribution in [-0.2, 0) is 11.2 Å². The molecule has 27 heavy (non-hydrogen) atoms. The van der Waals surface area contributed by atoms with E-state index in [1.807, 2.05) is 18.2 Å². The van der Waals surface area contributed by atoms with Crippen molar-refractivity contribution in [2.75, 3.05) is 26.8 Å². The maximum Gasteiger partial charge on any atom is 0.258 e. The predicted molar refractivity (Wildman–Crippen MR) is 104 cm³/mol. The van der Waals surface area contributed by atoms with Gasteiger partial charge in [-0.25, -0.2) is 0 Å². The number of carbonyl (C=O) groups excluding carboxylic acids is 2. The molecule has 142 valence electrons. The Kier molecular flexibility index (Phi) is 7.91. The number of carbonyl (C=O) groups is 2. The van der Waals surface area contributed by atoms with Crippen molar-refractivity contribution in [3.8, 4) is 11.5 Å². The summed E-state index contributed by atoms with van der Waals surface area (Å²) in [6.07, 6.45) is 2.53. The van der Waals surface area contributed by atoms with E-state index in [1.54, 1.807) is 43.5 Å². The van der Waals surface area contributed by atoms with E-state index < -0.39 is 0 Å². The highest BCUT2D eigenvalue weighted by Gasteiger charge is 2.09. The molecule has 0 atom stereocenters. The van der Waals surface area contributed by atoms with Crippen LogP contribution in [0.2, 0.25) is 0 Å². The van der Waals surface area contributed by atoms with Crippen LogP contribution < -0.4 is 20.1 Å². The predicted octanol–water partition coefficient (Wildman–Crippen LogP) is 2.35. The van der Waals surface area contributed by atoms with Gasteiger partial charge in [0.2, 0.25) is 0 Å². The van der Waals surface area contributed by atoms with Crippen molar-refractivity contribution in [1.82, 2.24) is 10.6 Å². The largest absolute Gasteiger partial charge is 0.493 e. The zero-order valence-electron chi connectivity index (χ0n) is 15.4. The monoisotopic (exact) mass is 368 g/mol. The first-order chi connectivity index (χ1) is 13.1. The van der Waals surface area contributed by atoms with Gasteiger partial charge in [-0.1, -0.05) is 30.3 Å². The van der Waals surface area contributed by atoms with Crippen LogP contribution in [0.15, 0.2) is 61.2 Å². The molecular formula is C21H24N2O4.